The predicted octanol–water partition coefficient (Wildman–Crippen LogP) is 2.83. The summed E-state index contributed by atoms with van der Waals surface area (Å²) < 4.78 is 2.28. The number of benzene rings is 1. The molecule has 6 heteroatoms. The molecule has 0 unspecified atom stereocenters. The molecule has 1 aliphatic heterocycles. The first kappa shape index (κ1) is 18.2. The number of pyridine rings is 1. The lowest BCUT2D eigenvalue weighted by Gasteiger charge is -2.28. The van der Waals surface area contributed by atoms with E-state index in [1.54, 1.807) is 6.20 Å². The first-order valence-electron chi connectivity index (χ1n) is 9.80. The van der Waals surface area contributed by atoms with Gasteiger partial charge >= 0.3 is 0 Å². The van der Waals surface area contributed by atoms with Crippen molar-refractivity contribution in [3.8, 4) is 0 Å². The minimum Gasteiger partial charge on any atom is -0.352 e. The normalized spacial score (nSPS) is 13.2. The molecule has 2 aromatic heterocycles. The van der Waals surface area contributed by atoms with E-state index in [1.807, 2.05) is 31.5 Å². The Bertz CT molecular complexity index is 933. The van der Waals surface area contributed by atoms with Crippen molar-refractivity contribution in [1.82, 2.24) is 19.9 Å². The Morgan fingerprint density at radius 2 is 2.00 bits per heavy atom. The third-order valence-corrected chi connectivity index (χ3v) is 5.15. The van der Waals surface area contributed by atoms with Crippen molar-refractivity contribution >= 4 is 11.7 Å². The Hall–Kier alpha value is -3.15. The molecule has 4 rings (SSSR count). The highest BCUT2D eigenvalue weighted by Gasteiger charge is 2.22. The number of carbonyl (C=O) groups is 1. The molecule has 1 amide bonds. The fourth-order valence-corrected chi connectivity index (χ4v) is 3.62. The van der Waals surface area contributed by atoms with Crippen LogP contribution in [-0.4, -0.2) is 33.5 Å². The topological polar surface area (TPSA) is 63.1 Å². The number of nitrogens with zero attached hydrogens (tertiary/aromatic N) is 4. The average molecular weight is 375 g/mol. The summed E-state index contributed by atoms with van der Waals surface area (Å²) in [5.74, 6) is 0.803. The molecule has 3 heterocycles. The third-order valence-electron chi connectivity index (χ3n) is 5.15. The van der Waals surface area contributed by atoms with E-state index in [-0.39, 0.29) is 5.91 Å². The Labute approximate surface area is 165 Å². The minimum atomic E-state index is -0.0837. The maximum absolute atomic E-state index is 11.9. The van der Waals surface area contributed by atoms with Crippen molar-refractivity contribution in [2.45, 2.75) is 32.9 Å². The number of rotatable bonds is 6. The largest absolute Gasteiger partial charge is 0.352 e. The van der Waals surface area contributed by atoms with Crippen LogP contribution in [0.5, 0.6) is 0 Å². The summed E-state index contributed by atoms with van der Waals surface area (Å²) in [6.45, 7) is 5.12. The zero-order valence-electron chi connectivity index (χ0n) is 16.1. The van der Waals surface area contributed by atoms with Crippen LogP contribution in [0.25, 0.3) is 0 Å². The SMILES string of the molecule is CCNC(=O)c1ccc(N2CCc3c(ncn3CCc3ccccc3)C2)nc1. The van der Waals surface area contributed by atoms with E-state index in [0.717, 1.165) is 44.0 Å². The summed E-state index contributed by atoms with van der Waals surface area (Å²) in [6.07, 6.45) is 5.57. The molecule has 0 saturated heterocycles. The van der Waals surface area contributed by atoms with Gasteiger partial charge in [0, 0.05) is 37.9 Å². The van der Waals surface area contributed by atoms with Gasteiger partial charge < -0.3 is 14.8 Å². The highest BCUT2D eigenvalue weighted by Crippen LogP contribution is 2.23. The molecule has 1 aliphatic rings. The van der Waals surface area contributed by atoms with E-state index >= 15 is 0 Å². The second-order valence-electron chi connectivity index (χ2n) is 7.00. The molecule has 144 valence electrons. The van der Waals surface area contributed by atoms with Gasteiger partial charge in [0.25, 0.3) is 5.91 Å². The maximum atomic E-state index is 11.9. The van der Waals surface area contributed by atoms with Crippen molar-refractivity contribution in [3.63, 3.8) is 0 Å². The van der Waals surface area contributed by atoms with Gasteiger partial charge in [-0.3, -0.25) is 4.79 Å². The molecule has 0 spiro atoms. The van der Waals surface area contributed by atoms with Crippen LogP contribution in [-0.2, 0) is 25.9 Å². The van der Waals surface area contributed by atoms with Gasteiger partial charge in [0.05, 0.1) is 24.1 Å². The Kier molecular flexibility index (Phi) is 5.37. The number of nitrogens with one attached hydrogen (secondary N) is 1. The Morgan fingerprint density at radius 3 is 2.75 bits per heavy atom. The number of aryl methyl sites for hydroxylation is 2. The quantitative estimate of drug-likeness (QED) is 0.720. The molecule has 6 nitrogen and oxygen atoms in total. The van der Waals surface area contributed by atoms with Gasteiger partial charge in [0.15, 0.2) is 0 Å². The molecule has 0 atom stereocenters. The number of hydrogen-bond acceptors (Lipinski definition) is 4. The van der Waals surface area contributed by atoms with E-state index in [2.05, 4.69) is 49.0 Å². The summed E-state index contributed by atoms with van der Waals surface area (Å²) in [6, 6.07) is 14.3. The monoisotopic (exact) mass is 375 g/mol. The molecule has 0 fully saturated rings. The van der Waals surface area contributed by atoms with Gasteiger partial charge in [-0.1, -0.05) is 30.3 Å². The van der Waals surface area contributed by atoms with Crippen LogP contribution in [0.15, 0.2) is 55.0 Å². The number of fused-ring (bicyclic) bond motifs is 1. The molecular formula is C22H25N5O. The molecule has 0 bridgehead atoms. The zero-order valence-corrected chi connectivity index (χ0v) is 16.1. The lowest BCUT2D eigenvalue weighted by Crippen LogP contribution is -2.32. The molecule has 1 aromatic carbocycles. The van der Waals surface area contributed by atoms with Crippen LogP contribution in [0.2, 0.25) is 0 Å². The summed E-state index contributed by atoms with van der Waals surface area (Å²) in [4.78, 5) is 23.2. The minimum absolute atomic E-state index is 0.0837. The second kappa shape index (κ2) is 8.25. The number of amides is 1. The van der Waals surface area contributed by atoms with Crippen molar-refractivity contribution < 1.29 is 4.79 Å². The molecular weight excluding hydrogens is 350 g/mol. The smallest absolute Gasteiger partial charge is 0.252 e. The van der Waals surface area contributed by atoms with E-state index in [9.17, 15) is 4.79 Å². The summed E-state index contributed by atoms with van der Waals surface area (Å²) >= 11 is 0. The molecule has 0 aliphatic carbocycles. The number of anilines is 1. The van der Waals surface area contributed by atoms with E-state index < -0.39 is 0 Å². The van der Waals surface area contributed by atoms with Crippen molar-refractivity contribution in [2.24, 2.45) is 0 Å². The number of carbonyl (C=O) groups excluding carboxylic acids is 1. The highest BCUT2D eigenvalue weighted by molar-refractivity contribution is 5.94. The van der Waals surface area contributed by atoms with Crippen molar-refractivity contribution in [1.29, 1.82) is 0 Å². The van der Waals surface area contributed by atoms with Gasteiger partial charge in [-0.15, -0.1) is 0 Å². The standard InChI is InChI=1S/C22H25N5O/c1-2-23-22(28)18-8-9-21(24-14-18)26-13-11-20-19(15-26)25-16-27(20)12-10-17-6-4-3-5-7-17/h3-9,14,16H,2,10-13,15H2,1H3,(H,23,28). The third kappa shape index (κ3) is 3.91. The van der Waals surface area contributed by atoms with Crippen LogP contribution >= 0.6 is 0 Å². The lowest BCUT2D eigenvalue weighted by molar-refractivity contribution is 0.0955. The number of imidazole rings is 1. The second-order valence-corrected chi connectivity index (χ2v) is 7.00. The van der Waals surface area contributed by atoms with Crippen molar-refractivity contribution in [2.75, 3.05) is 18.0 Å². The van der Waals surface area contributed by atoms with Crippen LogP contribution in [0.1, 0.15) is 34.2 Å². The molecule has 0 saturated carbocycles. The molecule has 1 N–H and O–H groups in total. The van der Waals surface area contributed by atoms with Crippen LogP contribution in [0, 0.1) is 0 Å². The Balaban J connectivity index is 1.41. The molecule has 3 aromatic rings. The fourth-order valence-electron chi connectivity index (χ4n) is 3.62. The lowest BCUT2D eigenvalue weighted by atomic mass is 10.1. The van der Waals surface area contributed by atoms with Crippen LogP contribution < -0.4 is 10.2 Å². The fraction of sp³-hybridized carbons (Fsp3) is 0.318. The summed E-state index contributed by atoms with van der Waals surface area (Å²) in [7, 11) is 0. The van der Waals surface area contributed by atoms with Crippen LogP contribution in [0.3, 0.4) is 0 Å². The highest BCUT2D eigenvalue weighted by atomic mass is 16.1. The zero-order chi connectivity index (χ0) is 19.3. The average Bonchev–Trinajstić information content (AvgIpc) is 3.15. The van der Waals surface area contributed by atoms with Gasteiger partial charge in [0.2, 0.25) is 0 Å². The van der Waals surface area contributed by atoms with Gasteiger partial charge in [-0.25, -0.2) is 9.97 Å². The van der Waals surface area contributed by atoms with E-state index in [4.69, 9.17) is 0 Å². The van der Waals surface area contributed by atoms with Crippen molar-refractivity contribution in [3.05, 3.63) is 77.5 Å². The first-order valence-corrected chi connectivity index (χ1v) is 9.80. The van der Waals surface area contributed by atoms with Gasteiger partial charge in [0.1, 0.15) is 5.82 Å². The van der Waals surface area contributed by atoms with Gasteiger partial charge in [-0.05, 0) is 31.0 Å². The number of hydrogen-bond donors (Lipinski definition) is 1. The van der Waals surface area contributed by atoms with E-state index in [1.165, 1.54) is 11.3 Å². The summed E-state index contributed by atoms with van der Waals surface area (Å²) in [5.41, 5.74) is 4.38. The predicted molar refractivity (Wildman–Crippen MR) is 109 cm³/mol. The van der Waals surface area contributed by atoms with E-state index in [0.29, 0.717) is 12.1 Å². The summed E-state index contributed by atoms with van der Waals surface area (Å²) in [5, 5.41) is 2.80. The van der Waals surface area contributed by atoms with Gasteiger partial charge in [-0.2, -0.15) is 0 Å². The number of aromatic nitrogens is 3. The molecule has 28 heavy (non-hydrogen) atoms. The maximum Gasteiger partial charge on any atom is 0.252 e. The van der Waals surface area contributed by atoms with Crippen LogP contribution in [0.4, 0.5) is 5.82 Å². The first-order chi connectivity index (χ1) is 13.7. The molecule has 0 radical (unpaired) electrons. The Morgan fingerprint density at radius 1 is 1.14 bits per heavy atom.